The highest BCUT2D eigenvalue weighted by Crippen LogP contribution is 2.27. The van der Waals surface area contributed by atoms with Crippen molar-refractivity contribution in [1.29, 1.82) is 0 Å². The molecule has 0 spiro atoms. The second kappa shape index (κ2) is 7.82. The van der Waals surface area contributed by atoms with Crippen LogP contribution < -0.4 is 26.4 Å². The number of nitrogens with zero attached hydrogens (tertiary/aromatic N) is 2. The van der Waals surface area contributed by atoms with E-state index in [4.69, 9.17) is 4.74 Å². The van der Waals surface area contributed by atoms with Gasteiger partial charge in [0.2, 0.25) is 0 Å². The Balaban J connectivity index is 1.48. The van der Waals surface area contributed by atoms with Gasteiger partial charge < -0.3 is 20.3 Å². The SMILES string of the molecule is Cc1cc(Nc2c(NCc3ccccn3)c(=O)c2=O)ccc1N1CCOCC1. The first-order valence-electron chi connectivity index (χ1n) is 9.31. The fourth-order valence-corrected chi connectivity index (χ4v) is 3.40. The number of hydrogen-bond donors (Lipinski definition) is 2. The van der Waals surface area contributed by atoms with Gasteiger partial charge in [-0.05, 0) is 42.8 Å². The summed E-state index contributed by atoms with van der Waals surface area (Å²) in [6, 6.07) is 11.5. The van der Waals surface area contributed by atoms with E-state index < -0.39 is 10.9 Å². The second-order valence-electron chi connectivity index (χ2n) is 6.81. The van der Waals surface area contributed by atoms with E-state index in [1.165, 1.54) is 0 Å². The summed E-state index contributed by atoms with van der Waals surface area (Å²) in [6.45, 7) is 5.62. The Hall–Kier alpha value is -3.19. The van der Waals surface area contributed by atoms with Gasteiger partial charge in [-0.1, -0.05) is 6.07 Å². The molecule has 0 unspecified atom stereocenters. The third-order valence-electron chi connectivity index (χ3n) is 4.90. The van der Waals surface area contributed by atoms with E-state index in [9.17, 15) is 9.59 Å². The Labute approximate surface area is 162 Å². The molecule has 2 heterocycles. The van der Waals surface area contributed by atoms with Crippen LogP contribution in [-0.2, 0) is 11.3 Å². The quantitative estimate of drug-likeness (QED) is 0.636. The van der Waals surface area contributed by atoms with E-state index >= 15 is 0 Å². The fourth-order valence-electron chi connectivity index (χ4n) is 3.40. The highest BCUT2D eigenvalue weighted by atomic mass is 16.5. The van der Waals surface area contributed by atoms with Gasteiger partial charge in [-0.15, -0.1) is 0 Å². The van der Waals surface area contributed by atoms with Crippen LogP contribution >= 0.6 is 0 Å². The van der Waals surface area contributed by atoms with Crippen molar-refractivity contribution in [2.45, 2.75) is 13.5 Å². The summed E-state index contributed by atoms with van der Waals surface area (Å²) in [6.07, 6.45) is 1.69. The first-order valence-corrected chi connectivity index (χ1v) is 9.31. The minimum atomic E-state index is -0.501. The molecule has 0 atom stereocenters. The second-order valence-corrected chi connectivity index (χ2v) is 6.81. The lowest BCUT2D eigenvalue weighted by atomic mass is 10.1. The average molecular weight is 378 g/mol. The van der Waals surface area contributed by atoms with E-state index in [2.05, 4.69) is 20.5 Å². The number of ether oxygens (including phenoxy) is 1. The molecule has 3 aromatic rings. The third kappa shape index (κ3) is 3.61. The van der Waals surface area contributed by atoms with Gasteiger partial charge in [-0.2, -0.15) is 0 Å². The maximum absolute atomic E-state index is 12.0. The van der Waals surface area contributed by atoms with Gasteiger partial charge in [0.15, 0.2) is 0 Å². The summed E-state index contributed by atoms with van der Waals surface area (Å²) < 4.78 is 5.41. The lowest BCUT2D eigenvalue weighted by Gasteiger charge is -2.30. The number of benzene rings is 1. The van der Waals surface area contributed by atoms with Crippen molar-refractivity contribution in [1.82, 2.24) is 4.98 Å². The van der Waals surface area contributed by atoms with Gasteiger partial charge in [0.1, 0.15) is 11.4 Å². The van der Waals surface area contributed by atoms with Crippen molar-refractivity contribution >= 4 is 22.7 Å². The Morgan fingerprint density at radius 2 is 1.86 bits per heavy atom. The zero-order valence-corrected chi connectivity index (χ0v) is 15.7. The first kappa shape index (κ1) is 18.2. The Morgan fingerprint density at radius 3 is 2.57 bits per heavy atom. The molecule has 144 valence electrons. The minimum Gasteiger partial charge on any atom is -0.378 e. The molecular formula is C21H22N4O3. The third-order valence-corrected chi connectivity index (χ3v) is 4.90. The highest BCUT2D eigenvalue weighted by Gasteiger charge is 2.21. The molecule has 1 aromatic heterocycles. The molecule has 0 amide bonds. The molecule has 1 aliphatic heterocycles. The highest BCUT2D eigenvalue weighted by molar-refractivity contribution is 5.79. The molecule has 1 fully saturated rings. The van der Waals surface area contributed by atoms with E-state index in [-0.39, 0.29) is 0 Å². The van der Waals surface area contributed by atoms with Crippen LogP contribution in [0.4, 0.5) is 22.7 Å². The molecule has 1 aliphatic rings. The van der Waals surface area contributed by atoms with Crippen molar-refractivity contribution in [3.8, 4) is 0 Å². The maximum Gasteiger partial charge on any atom is 0.253 e. The molecule has 1 saturated heterocycles. The van der Waals surface area contributed by atoms with E-state index in [1.807, 2.05) is 43.3 Å². The lowest BCUT2D eigenvalue weighted by molar-refractivity contribution is 0.122. The minimum absolute atomic E-state index is 0.305. The van der Waals surface area contributed by atoms with Crippen molar-refractivity contribution in [2.75, 3.05) is 41.8 Å². The molecule has 0 aliphatic carbocycles. The first-order chi connectivity index (χ1) is 13.6. The standard InChI is InChI=1S/C21H22N4O3/c1-14-12-15(5-6-17(14)25-8-10-28-11-9-25)24-19-18(20(26)21(19)27)23-13-16-4-2-3-7-22-16/h2-7,12,23-24H,8-11,13H2,1H3. The van der Waals surface area contributed by atoms with Crippen molar-refractivity contribution in [3.05, 3.63) is 74.3 Å². The molecule has 0 bridgehead atoms. The summed E-state index contributed by atoms with van der Waals surface area (Å²) in [5.74, 6) is 0. The topological polar surface area (TPSA) is 83.6 Å². The number of morpholine rings is 1. The predicted molar refractivity (Wildman–Crippen MR) is 110 cm³/mol. The number of hydrogen-bond acceptors (Lipinski definition) is 7. The Morgan fingerprint density at radius 1 is 1.07 bits per heavy atom. The van der Waals surface area contributed by atoms with Crippen molar-refractivity contribution < 1.29 is 4.74 Å². The van der Waals surface area contributed by atoms with Crippen LogP contribution in [0.25, 0.3) is 0 Å². The number of anilines is 4. The largest absolute Gasteiger partial charge is 0.378 e. The monoisotopic (exact) mass is 378 g/mol. The summed E-state index contributed by atoms with van der Waals surface area (Å²) in [7, 11) is 0. The Bertz CT molecular complexity index is 1040. The van der Waals surface area contributed by atoms with Crippen molar-refractivity contribution in [2.24, 2.45) is 0 Å². The Kier molecular flexibility index (Phi) is 5.08. The molecular weight excluding hydrogens is 356 g/mol. The fraction of sp³-hybridized carbons (Fsp3) is 0.286. The lowest BCUT2D eigenvalue weighted by Crippen LogP contribution is -2.37. The van der Waals surface area contributed by atoms with Gasteiger partial charge >= 0.3 is 0 Å². The van der Waals surface area contributed by atoms with Crippen LogP contribution in [0.2, 0.25) is 0 Å². The van der Waals surface area contributed by atoms with Crippen LogP contribution in [0.15, 0.2) is 52.2 Å². The van der Waals surface area contributed by atoms with E-state index in [0.717, 1.165) is 48.9 Å². The van der Waals surface area contributed by atoms with Gasteiger partial charge in [0.25, 0.3) is 10.9 Å². The normalized spacial score (nSPS) is 14.2. The van der Waals surface area contributed by atoms with E-state index in [1.54, 1.807) is 6.20 Å². The number of aryl methyl sites for hydroxylation is 1. The molecule has 0 radical (unpaired) electrons. The molecule has 28 heavy (non-hydrogen) atoms. The number of nitrogens with one attached hydrogen (secondary N) is 2. The molecule has 7 nitrogen and oxygen atoms in total. The van der Waals surface area contributed by atoms with Crippen molar-refractivity contribution in [3.63, 3.8) is 0 Å². The average Bonchev–Trinajstić information content (AvgIpc) is 2.74. The summed E-state index contributed by atoms with van der Waals surface area (Å²) in [4.78, 5) is 30.5. The van der Waals surface area contributed by atoms with Crippen LogP contribution in [0, 0.1) is 6.92 Å². The summed E-state index contributed by atoms with van der Waals surface area (Å²) in [5.41, 5.74) is 3.46. The van der Waals surface area contributed by atoms with Gasteiger partial charge in [-0.3, -0.25) is 14.6 Å². The molecule has 0 saturated carbocycles. The van der Waals surface area contributed by atoms with Crippen LogP contribution in [0.3, 0.4) is 0 Å². The zero-order chi connectivity index (χ0) is 19.5. The van der Waals surface area contributed by atoms with E-state index in [0.29, 0.717) is 17.9 Å². The summed E-state index contributed by atoms with van der Waals surface area (Å²) in [5, 5.41) is 6.12. The molecule has 2 N–H and O–H groups in total. The summed E-state index contributed by atoms with van der Waals surface area (Å²) >= 11 is 0. The van der Waals surface area contributed by atoms with Gasteiger partial charge in [0, 0.05) is 30.7 Å². The maximum atomic E-state index is 12.0. The number of aromatic nitrogens is 1. The molecule has 2 aromatic carbocycles. The van der Waals surface area contributed by atoms with Gasteiger partial charge in [-0.25, -0.2) is 0 Å². The van der Waals surface area contributed by atoms with Gasteiger partial charge in [0.05, 0.1) is 25.5 Å². The van der Waals surface area contributed by atoms with Crippen LogP contribution in [0.5, 0.6) is 0 Å². The van der Waals surface area contributed by atoms with Crippen LogP contribution in [-0.4, -0.2) is 31.3 Å². The zero-order valence-electron chi connectivity index (χ0n) is 15.7. The molecule has 7 heteroatoms. The molecule has 4 rings (SSSR count). The predicted octanol–water partition coefficient (Wildman–Crippen LogP) is 2.18. The number of pyridine rings is 1. The van der Waals surface area contributed by atoms with Crippen LogP contribution in [0.1, 0.15) is 11.3 Å². The smallest absolute Gasteiger partial charge is 0.253 e. The number of rotatable bonds is 6.